The monoisotopic (exact) mass is 241 g/mol. The molecule has 0 saturated heterocycles. The molecule has 4 N–H and O–H groups in total. The Kier molecular flexibility index (Phi) is 4.28. The van der Waals surface area contributed by atoms with Gasteiger partial charge in [-0.15, -0.1) is 0 Å². The van der Waals surface area contributed by atoms with Crippen LogP contribution < -0.4 is 16.6 Å². The van der Waals surface area contributed by atoms with Gasteiger partial charge in [0, 0.05) is 10.6 Å². The topological polar surface area (TPSA) is 84.2 Å². The first kappa shape index (κ1) is 12.5. The standard InChI is InChI=1S/C10H12ClN3O2/c1-6(12)9(15)13-14-10(16)7-3-2-4-8(11)5-7/h2-6H,12H2,1H3,(H,13,15)(H,14,16). The van der Waals surface area contributed by atoms with Crippen LogP contribution in [0.5, 0.6) is 0 Å². The fraction of sp³-hybridized carbons (Fsp3) is 0.200. The average molecular weight is 242 g/mol. The van der Waals surface area contributed by atoms with Crippen LogP contribution in [0.15, 0.2) is 24.3 Å². The summed E-state index contributed by atoms with van der Waals surface area (Å²) in [5.74, 6) is -0.910. The molecule has 0 heterocycles. The van der Waals surface area contributed by atoms with Crippen molar-refractivity contribution in [3.63, 3.8) is 0 Å². The van der Waals surface area contributed by atoms with Crippen molar-refractivity contribution in [2.75, 3.05) is 0 Å². The molecule has 6 heteroatoms. The van der Waals surface area contributed by atoms with Crippen LogP contribution >= 0.6 is 11.6 Å². The predicted octanol–water partition coefficient (Wildman–Crippen LogP) is 0.448. The van der Waals surface area contributed by atoms with Gasteiger partial charge in [0.25, 0.3) is 11.8 Å². The van der Waals surface area contributed by atoms with Gasteiger partial charge in [0.15, 0.2) is 0 Å². The van der Waals surface area contributed by atoms with Crippen molar-refractivity contribution < 1.29 is 9.59 Å². The number of carbonyl (C=O) groups is 2. The number of nitrogens with two attached hydrogens (primary N) is 1. The summed E-state index contributed by atoms with van der Waals surface area (Å²) < 4.78 is 0. The molecular formula is C10H12ClN3O2. The Labute approximate surface area is 97.9 Å². The smallest absolute Gasteiger partial charge is 0.269 e. The van der Waals surface area contributed by atoms with Gasteiger partial charge in [-0.2, -0.15) is 0 Å². The number of hydrogen-bond donors (Lipinski definition) is 3. The SMILES string of the molecule is CC(N)C(=O)NNC(=O)c1cccc(Cl)c1. The van der Waals surface area contributed by atoms with Crippen molar-refractivity contribution in [2.24, 2.45) is 5.73 Å². The van der Waals surface area contributed by atoms with Crippen LogP contribution in [0.25, 0.3) is 0 Å². The Balaban J connectivity index is 2.57. The van der Waals surface area contributed by atoms with Gasteiger partial charge >= 0.3 is 0 Å². The molecule has 0 aliphatic carbocycles. The Morgan fingerprint density at radius 3 is 2.62 bits per heavy atom. The minimum atomic E-state index is -0.681. The molecule has 0 fully saturated rings. The Morgan fingerprint density at radius 2 is 2.06 bits per heavy atom. The molecular weight excluding hydrogens is 230 g/mol. The third-order valence-electron chi connectivity index (χ3n) is 1.80. The molecule has 16 heavy (non-hydrogen) atoms. The number of hydrazine groups is 1. The van der Waals surface area contributed by atoms with Gasteiger partial charge in [0.1, 0.15) is 0 Å². The molecule has 0 aliphatic heterocycles. The molecule has 0 aromatic heterocycles. The van der Waals surface area contributed by atoms with E-state index >= 15 is 0 Å². The van der Waals surface area contributed by atoms with Gasteiger partial charge < -0.3 is 5.73 Å². The normalized spacial score (nSPS) is 11.7. The second kappa shape index (κ2) is 5.48. The molecule has 0 spiro atoms. The van der Waals surface area contributed by atoms with E-state index in [9.17, 15) is 9.59 Å². The Hall–Kier alpha value is -1.59. The first-order valence-corrected chi connectivity index (χ1v) is 5.00. The first-order chi connectivity index (χ1) is 7.50. The second-order valence-corrected chi connectivity index (χ2v) is 3.68. The lowest BCUT2D eigenvalue weighted by atomic mass is 10.2. The van der Waals surface area contributed by atoms with Crippen molar-refractivity contribution in [2.45, 2.75) is 13.0 Å². The van der Waals surface area contributed by atoms with Crippen LogP contribution in [-0.2, 0) is 4.79 Å². The van der Waals surface area contributed by atoms with Crippen molar-refractivity contribution in [1.82, 2.24) is 10.9 Å². The number of hydrogen-bond acceptors (Lipinski definition) is 3. The van der Waals surface area contributed by atoms with E-state index in [1.807, 2.05) is 0 Å². The van der Waals surface area contributed by atoms with E-state index in [1.165, 1.54) is 13.0 Å². The third kappa shape index (κ3) is 3.52. The third-order valence-corrected chi connectivity index (χ3v) is 2.03. The number of rotatable bonds is 2. The minimum Gasteiger partial charge on any atom is -0.320 e. The molecule has 0 saturated carbocycles. The van der Waals surface area contributed by atoms with Gasteiger partial charge in [0.05, 0.1) is 6.04 Å². The van der Waals surface area contributed by atoms with Crippen LogP contribution in [0, 0.1) is 0 Å². The summed E-state index contributed by atoms with van der Waals surface area (Å²) in [5.41, 5.74) is 10.1. The van der Waals surface area contributed by atoms with Crippen molar-refractivity contribution >= 4 is 23.4 Å². The van der Waals surface area contributed by atoms with Crippen LogP contribution in [0.1, 0.15) is 17.3 Å². The average Bonchev–Trinajstić information content (AvgIpc) is 2.25. The molecule has 1 aromatic carbocycles. The molecule has 5 nitrogen and oxygen atoms in total. The number of benzene rings is 1. The fourth-order valence-electron chi connectivity index (χ4n) is 0.934. The van der Waals surface area contributed by atoms with E-state index in [1.54, 1.807) is 18.2 Å². The molecule has 0 radical (unpaired) electrons. The summed E-state index contributed by atoms with van der Waals surface area (Å²) in [6.07, 6.45) is 0. The molecule has 0 aliphatic rings. The Bertz CT molecular complexity index is 407. The summed E-state index contributed by atoms with van der Waals surface area (Å²) in [7, 11) is 0. The summed E-state index contributed by atoms with van der Waals surface area (Å²) in [4.78, 5) is 22.6. The van der Waals surface area contributed by atoms with Crippen molar-refractivity contribution in [1.29, 1.82) is 0 Å². The van der Waals surface area contributed by atoms with E-state index in [4.69, 9.17) is 17.3 Å². The molecule has 1 unspecified atom stereocenters. The summed E-state index contributed by atoms with van der Waals surface area (Å²) >= 11 is 5.71. The quantitative estimate of drug-likeness (QED) is 0.658. The van der Waals surface area contributed by atoms with Crippen LogP contribution in [0.3, 0.4) is 0 Å². The molecule has 1 aromatic rings. The largest absolute Gasteiger partial charge is 0.320 e. The number of halogens is 1. The molecule has 86 valence electrons. The molecule has 1 atom stereocenters. The molecule has 2 amide bonds. The summed E-state index contributed by atoms with van der Waals surface area (Å²) in [6, 6.07) is 5.69. The van der Waals surface area contributed by atoms with E-state index in [0.29, 0.717) is 10.6 Å². The summed E-state index contributed by atoms with van der Waals surface area (Å²) in [6.45, 7) is 1.51. The zero-order valence-corrected chi connectivity index (χ0v) is 9.41. The zero-order chi connectivity index (χ0) is 12.1. The van der Waals surface area contributed by atoms with Gasteiger partial charge in [-0.25, -0.2) is 0 Å². The van der Waals surface area contributed by atoms with Gasteiger partial charge in [-0.05, 0) is 25.1 Å². The maximum Gasteiger partial charge on any atom is 0.269 e. The van der Waals surface area contributed by atoms with Crippen molar-refractivity contribution in [3.05, 3.63) is 34.9 Å². The highest BCUT2D eigenvalue weighted by Crippen LogP contribution is 2.09. The zero-order valence-electron chi connectivity index (χ0n) is 8.66. The van der Waals surface area contributed by atoms with Crippen molar-refractivity contribution in [3.8, 4) is 0 Å². The predicted molar refractivity (Wildman–Crippen MR) is 60.7 cm³/mol. The lowest BCUT2D eigenvalue weighted by molar-refractivity contribution is -0.122. The molecule has 0 bridgehead atoms. The van der Waals surface area contributed by atoms with E-state index < -0.39 is 17.9 Å². The summed E-state index contributed by atoms with van der Waals surface area (Å²) in [5, 5.41) is 0.450. The van der Waals surface area contributed by atoms with Gasteiger partial charge in [-0.1, -0.05) is 17.7 Å². The highest BCUT2D eigenvalue weighted by Gasteiger charge is 2.09. The van der Waals surface area contributed by atoms with Gasteiger partial charge in [0.2, 0.25) is 0 Å². The van der Waals surface area contributed by atoms with Crippen LogP contribution in [0.2, 0.25) is 5.02 Å². The lowest BCUT2D eigenvalue weighted by Crippen LogP contribution is -2.48. The first-order valence-electron chi connectivity index (χ1n) is 4.62. The molecule has 1 rings (SSSR count). The minimum absolute atomic E-state index is 0.359. The fourth-order valence-corrected chi connectivity index (χ4v) is 1.12. The maximum absolute atomic E-state index is 11.5. The number of amides is 2. The second-order valence-electron chi connectivity index (χ2n) is 3.24. The van der Waals surface area contributed by atoms with E-state index in [2.05, 4.69) is 10.9 Å². The van der Waals surface area contributed by atoms with Crippen LogP contribution in [-0.4, -0.2) is 17.9 Å². The number of nitrogens with one attached hydrogen (secondary N) is 2. The highest BCUT2D eigenvalue weighted by atomic mass is 35.5. The van der Waals surface area contributed by atoms with E-state index in [0.717, 1.165) is 0 Å². The van der Waals surface area contributed by atoms with E-state index in [-0.39, 0.29) is 0 Å². The Morgan fingerprint density at radius 1 is 1.38 bits per heavy atom. The lowest BCUT2D eigenvalue weighted by Gasteiger charge is -2.09. The van der Waals surface area contributed by atoms with Crippen LogP contribution in [0.4, 0.5) is 0 Å². The number of carbonyl (C=O) groups excluding carboxylic acids is 2. The highest BCUT2D eigenvalue weighted by molar-refractivity contribution is 6.30. The maximum atomic E-state index is 11.5. The van der Waals surface area contributed by atoms with Gasteiger partial charge in [-0.3, -0.25) is 20.4 Å².